The summed E-state index contributed by atoms with van der Waals surface area (Å²) in [5.74, 6) is 1.16. The Morgan fingerprint density at radius 1 is 1.32 bits per heavy atom. The van der Waals surface area contributed by atoms with Gasteiger partial charge in [-0.3, -0.25) is 4.79 Å². The van der Waals surface area contributed by atoms with Crippen LogP contribution in [0.2, 0.25) is 5.02 Å². The second-order valence-corrected chi connectivity index (χ2v) is 5.78. The Labute approximate surface area is 134 Å². The molecule has 6 heteroatoms. The van der Waals surface area contributed by atoms with Gasteiger partial charge in [-0.05, 0) is 30.7 Å². The lowest BCUT2D eigenvalue weighted by Gasteiger charge is -2.20. The topological polar surface area (TPSA) is 59.6 Å². The van der Waals surface area contributed by atoms with Crippen molar-refractivity contribution in [2.24, 2.45) is 0 Å². The van der Waals surface area contributed by atoms with Gasteiger partial charge in [-0.25, -0.2) is 0 Å². The number of halogens is 1. The molecular weight excluding hydrogens is 304 g/mol. The monoisotopic (exact) mass is 322 g/mol. The minimum atomic E-state index is -0.0211. The van der Waals surface area contributed by atoms with Gasteiger partial charge in [0.25, 0.3) is 0 Å². The molecule has 118 valence electrons. The normalized spacial score (nSPS) is 16.9. The van der Waals surface area contributed by atoms with E-state index in [-0.39, 0.29) is 12.3 Å². The van der Waals surface area contributed by atoms with E-state index in [1.54, 1.807) is 6.07 Å². The van der Waals surface area contributed by atoms with Crippen molar-refractivity contribution in [3.8, 4) is 11.5 Å². The van der Waals surface area contributed by atoms with Crippen LogP contribution in [0, 0.1) is 0 Å². The van der Waals surface area contributed by atoms with Crippen molar-refractivity contribution in [1.29, 1.82) is 0 Å². The van der Waals surface area contributed by atoms with Crippen molar-refractivity contribution in [3.05, 3.63) is 34.4 Å². The number of ether oxygens (including phenoxy) is 2. The Balaban J connectivity index is 1.59. The summed E-state index contributed by atoms with van der Waals surface area (Å²) < 4.78 is 11.0. The summed E-state index contributed by atoms with van der Waals surface area (Å²) in [6.07, 6.45) is 3.39. The minimum Gasteiger partial charge on any atom is -0.486 e. The first-order valence-corrected chi connectivity index (χ1v) is 7.83. The maximum Gasteiger partial charge on any atom is 0.224 e. The fourth-order valence-corrected chi connectivity index (χ4v) is 2.84. The van der Waals surface area contributed by atoms with E-state index in [9.17, 15) is 4.79 Å². The third-order valence-electron chi connectivity index (χ3n) is 3.69. The molecule has 2 heterocycles. The molecule has 0 saturated carbocycles. The lowest BCUT2D eigenvalue weighted by molar-refractivity contribution is -0.120. The molecule has 22 heavy (non-hydrogen) atoms. The van der Waals surface area contributed by atoms with Crippen molar-refractivity contribution in [2.75, 3.05) is 32.8 Å². The van der Waals surface area contributed by atoms with Crippen LogP contribution in [0.5, 0.6) is 11.5 Å². The number of hydrogen-bond acceptors (Lipinski definition) is 4. The second kappa shape index (κ2) is 7.03. The van der Waals surface area contributed by atoms with E-state index in [1.165, 1.54) is 5.57 Å². The van der Waals surface area contributed by atoms with Crippen molar-refractivity contribution in [2.45, 2.75) is 12.8 Å². The highest BCUT2D eigenvalue weighted by Gasteiger charge is 2.17. The molecule has 0 bridgehead atoms. The Morgan fingerprint density at radius 2 is 2.18 bits per heavy atom. The SMILES string of the molecule is O=C(Cc1cc(Cl)c2c(c1)OCCO2)NCC1=CCNCC1. The zero-order chi connectivity index (χ0) is 15.4. The molecule has 0 atom stereocenters. The molecule has 3 rings (SSSR count). The van der Waals surface area contributed by atoms with Gasteiger partial charge in [0.15, 0.2) is 11.5 Å². The predicted octanol–water partition coefficient (Wildman–Crippen LogP) is 1.69. The van der Waals surface area contributed by atoms with E-state index >= 15 is 0 Å². The third kappa shape index (κ3) is 3.72. The van der Waals surface area contributed by atoms with Crippen molar-refractivity contribution < 1.29 is 14.3 Å². The first-order chi connectivity index (χ1) is 10.7. The zero-order valence-corrected chi connectivity index (χ0v) is 13.0. The molecule has 0 aliphatic carbocycles. The molecule has 2 aliphatic rings. The Kier molecular flexibility index (Phi) is 4.85. The number of nitrogens with one attached hydrogen (secondary N) is 2. The maximum atomic E-state index is 12.1. The van der Waals surface area contributed by atoms with Gasteiger partial charge in [-0.15, -0.1) is 0 Å². The smallest absolute Gasteiger partial charge is 0.224 e. The predicted molar refractivity (Wildman–Crippen MR) is 84.7 cm³/mol. The summed E-state index contributed by atoms with van der Waals surface area (Å²) in [6, 6.07) is 3.59. The zero-order valence-electron chi connectivity index (χ0n) is 12.3. The fraction of sp³-hybridized carbons (Fsp3) is 0.438. The maximum absolute atomic E-state index is 12.1. The van der Waals surface area contributed by atoms with Crippen LogP contribution in [0.1, 0.15) is 12.0 Å². The Hall–Kier alpha value is -1.72. The number of amides is 1. The molecule has 5 nitrogen and oxygen atoms in total. The Morgan fingerprint density at radius 3 is 3.00 bits per heavy atom. The molecule has 0 radical (unpaired) electrons. The van der Waals surface area contributed by atoms with Crippen LogP contribution < -0.4 is 20.1 Å². The fourth-order valence-electron chi connectivity index (χ4n) is 2.56. The highest BCUT2D eigenvalue weighted by molar-refractivity contribution is 6.32. The number of fused-ring (bicyclic) bond motifs is 1. The van der Waals surface area contributed by atoms with E-state index < -0.39 is 0 Å². The largest absolute Gasteiger partial charge is 0.486 e. The summed E-state index contributed by atoms with van der Waals surface area (Å²) in [7, 11) is 0. The molecule has 1 aromatic rings. The number of carbonyl (C=O) groups excluding carboxylic acids is 1. The van der Waals surface area contributed by atoms with Crippen LogP contribution in [-0.2, 0) is 11.2 Å². The first kappa shape index (κ1) is 15.2. The van der Waals surface area contributed by atoms with Gasteiger partial charge in [0, 0.05) is 13.1 Å². The number of benzene rings is 1. The van der Waals surface area contributed by atoms with Crippen LogP contribution in [0.25, 0.3) is 0 Å². The highest BCUT2D eigenvalue weighted by Crippen LogP contribution is 2.38. The van der Waals surface area contributed by atoms with E-state index in [0.717, 1.165) is 25.1 Å². The molecule has 0 spiro atoms. The molecule has 0 fully saturated rings. The summed E-state index contributed by atoms with van der Waals surface area (Å²) in [5.41, 5.74) is 2.10. The van der Waals surface area contributed by atoms with E-state index in [0.29, 0.717) is 36.3 Å². The molecule has 0 aromatic heterocycles. The average molecular weight is 323 g/mol. The van der Waals surface area contributed by atoms with Gasteiger partial charge in [-0.2, -0.15) is 0 Å². The summed E-state index contributed by atoms with van der Waals surface area (Å²) in [5, 5.41) is 6.69. The number of hydrogen-bond donors (Lipinski definition) is 2. The minimum absolute atomic E-state index is 0.0211. The third-order valence-corrected chi connectivity index (χ3v) is 3.97. The van der Waals surface area contributed by atoms with E-state index in [4.69, 9.17) is 21.1 Å². The molecule has 0 unspecified atom stereocenters. The first-order valence-electron chi connectivity index (χ1n) is 7.46. The van der Waals surface area contributed by atoms with Crippen molar-refractivity contribution >= 4 is 17.5 Å². The summed E-state index contributed by atoms with van der Waals surface area (Å²) >= 11 is 6.18. The average Bonchev–Trinajstić information content (AvgIpc) is 2.54. The molecule has 2 aliphatic heterocycles. The highest BCUT2D eigenvalue weighted by atomic mass is 35.5. The lowest BCUT2D eigenvalue weighted by atomic mass is 10.1. The molecule has 1 aromatic carbocycles. The second-order valence-electron chi connectivity index (χ2n) is 5.37. The molecule has 0 saturated heterocycles. The summed E-state index contributed by atoms with van der Waals surface area (Å²) in [4.78, 5) is 12.1. The summed E-state index contributed by atoms with van der Waals surface area (Å²) in [6.45, 7) is 3.46. The molecular formula is C16H19ClN2O3. The lowest BCUT2D eigenvalue weighted by Crippen LogP contribution is -2.30. The van der Waals surface area contributed by atoms with Gasteiger partial charge >= 0.3 is 0 Å². The van der Waals surface area contributed by atoms with Gasteiger partial charge in [-0.1, -0.05) is 23.3 Å². The van der Waals surface area contributed by atoms with Crippen LogP contribution in [0.3, 0.4) is 0 Å². The van der Waals surface area contributed by atoms with Gasteiger partial charge in [0.05, 0.1) is 11.4 Å². The molecule has 2 N–H and O–H groups in total. The molecule has 1 amide bonds. The number of rotatable bonds is 4. The quantitative estimate of drug-likeness (QED) is 0.828. The van der Waals surface area contributed by atoms with Crippen LogP contribution in [0.15, 0.2) is 23.8 Å². The van der Waals surface area contributed by atoms with Crippen molar-refractivity contribution in [3.63, 3.8) is 0 Å². The van der Waals surface area contributed by atoms with E-state index in [2.05, 4.69) is 16.7 Å². The number of carbonyl (C=O) groups is 1. The van der Waals surface area contributed by atoms with Crippen LogP contribution in [0.4, 0.5) is 0 Å². The van der Waals surface area contributed by atoms with E-state index in [1.807, 2.05) is 6.07 Å². The van der Waals surface area contributed by atoms with Gasteiger partial charge in [0.2, 0.25) is 5.91 Å². The Bertz CT molecular complexity index is 601. The van der Waals surface area contributed by atoms with Crippen molar-refractivity contribution in [1.82, 2.24) is 10.6 Å². The standard InChI is InChI=1S/C16H19ClN2O3/c17-13-7-12(8-14-16(13)22-6-5-21-14)9-15(20)19-10-11-1-3-18-4-2-11/h1,7-8,18H,2-6,9-10H2,(H,19,20). The van der Waals surface area contributed by atoms with Gasteiger partial charge < -0.3 is 20.1 Å². The van der Waals surface area contributed by atoms with Crippen LogP contribution >= 0.6 is 11.6 Å². The van der Waals surface area contributed by atoms with Crippen LogP contribution in [-0.4, -0.2) is 38.8 Å². The van der Waals surface area contributed by atoms with Gasteiger partial charge in [0.1, 0.15) is 13.2 Å².